The van der Waals surface area contributed by atoms with Crippen molar-refractivity contribution in [2.75, 3.05) is 0 Å². The summed E-state index contributed by atoms with van der Waals surface area (Å²) in [5, 5.41) is 4.18. The van der Waals surface area contributed by atoms with Crippen molar-refractivity contribution in [1.29, 1.82) is 0 Å². The van der Waals surface area contributed by atoms with Crippen LogP contribution in [0.15, 0.2) is 54.7 Å². The molecule has 0 radical (unpaired) electrons. The molecular weight excluding hydrogens is 363 g/mol. The van der Waals surface area contributed by atoms with E-state index in [-0.39, 0.29) is 23.2 Å². The average molecular weight is 388 g/mol. The van der Waals surface area contributed by atoms with Gasteiger partial charge in [-0.15, -0.1) is 0 Å². The van der Waals surface area contributed by atoms with E-state index in [1.807, 2.05) is 43.5 Å². The van der Waals surface area contributed by atoms with Crippen LogP contribution >= 0.6 is 0 Å². The van der Waals surface area contributed by atoms with Gasteiger partial charge in [0.25, 0.3) is 5.91 Å². The SMILES string of the molecule is Cc1ccc(C(=O)N[C@H]2CC23CCC(c2ccnc4ccc(F)cc24)CC3)cc1. The number of aryl methyl sites for hydroxylation is 1. The molecule has 1 aromatic heterocycles. The van der Waals surface area contributed by atoms with Gasteiger partial charge in [-0.05, 0) is 92.3 Å². The zero-order valence-electron chi connectivity index (χ0n) is 16.6. The zero-order valence-corrected chi connectivity index (χ0v) is 16.6. The summed E-state index contributed by atoms with van der Waals surface area (Å²) in [6.07, 6.45) is 7.27. The molecule has 2 aliphatic carbocycles. The van der Waals surface area contributed by atoms with Crippen molar-refractivity contribution in [1.82, 2.24) is 10.3 Å². The zero-order chi connectivity index (χ0) is 20.0. The van der Waals surface area contributed by atoms with Gasteiger partial charge < -0.3 is 5.32 Å². The minimum atomic E-state index is -0.208. The second-order valence-corrected chi connectivity index (χ2v) is 8.79. The van der Waals surface area contributed by atoms with Crippen LogP contribution in [0.3, 0.4) is 0 Å². The molecule has 2 aliphatic rings. The van der Waals surface area contributed by atoms with E-state index in [0.29, 0.717) is 5.92 Å². The normalized spacial score (nSPS) is 25.9. The van der Waals surface area contributed by atoms with E-state index in [0.717, 1.165) is 54.1 Å². The number of aromatic nitrogens is 1. The summed E-state index contributed by atoms with van der Waals surface area (Å²) in [6.45, 7) is 2.02. The van der Waals surface area contributed by atoms with Crippen molar-refractivity contribution < 1.29 is 9.18 Å². The van der Waals surface area contributed by atoms with E-state index < -0.39 is 0 Å². The highest BCUT2D eigenvalue weighted by Crippen LogP contribution is 2.59. The quantitative estimate of drug-likeness (QED) is 0.641. The Hall–Kier alpha value is -2.75. The Labute approximate surface area is 170 Å². The van der Waals surface area contributed by atoms with Crippen LogP contribution in [0.5, 0.6) is 0 Å². The van der Waals surface area contributed by atoms with E-state index in [1.165, 1.54) is 11.6 Å². The first-order valence-electron chi connectivity index (χ1n) is 10.5. The Morgan fingerprint density at radius 3 is 2.62 bits per heavy atom. The Kier molecular flexibility index (Phi) is 4.38. The second-order valence-electron chi connectivity index (χ2n) is 8.79. The predicted octanol–water partition coefficient (Wildman–Crippen LogP) is 5.53. The summed E-state index contributed by atoms with van der Waals surface area (Å²) in [7, 11) is 0. The first-order chi connectivity index (χ1) is 14.0. The molecule has 4 heteroatoms. The van der Waals surface area contributed by atoms with Crippen LogP contribution in [-0.4, -0.2) is 16.9 Å². The number of benzene rings is 2. The van der Waals surface area contributed by atoms with E-state index >= 15 is 0 Å². The number of nitrogens with zero attached hydrogens (tertiary/aromatic N) is 1. The van der Waals surface area contributed by atoms with Gasteiger partial charge in [0, 0.05) is 23.2 Å². The first-order valence-corrected chi connectivity index (χ1v) is 10.5. The number of fused-ring (bicyclic) bond motifs is 1. The number of rotatable bonds is 3. The topological polar surface area (TPSA) is 42.0 Å². The van der Waals surface area contributed by atoms with Crippen LogP contribution in [0.1, 0.15) is 59.5 Å². The summed E-state index contributed by atoms with van der Waals surface area (Å²) in [5.41, 5.74) is 4.22. The second kappa shape index (κ2) is 6.94. The molecule has 2 fully saturated rings. The van der Waals surface area contributed by atoms with Crippen LogP contribution in [0.2, 0.25) is 0 Å². The molecule has 2 aromatic carbocycles. The third kappa shape index (κ3) is 3.41. The van der Waals surface area contributed by atoms with Gasteiger partial charge in [-0.1, -0.05) is 17.7 Å². The lowest BCUT2D eigenvalue weighted by atomic mass is 9.75. The van der Waals surface area contributed by atoms with Crippen molar-refractivity contribution in [3.8, 4) is 0 Å². The van der Waals surface area contributed by atoms with Gasteiger partial charge in [0.2, 0.25) is 0 Å². The fourth-order valence-electron chi connectivity index (χ4n) is 5.05. The maximum atomic E-state index is 13.8. The number of amides is 1. The summed E-state index contributed by atoms with van der Waals surface area (Å²) in [5.74, 6) is 0.256. The van der Waals surface area contributed by atoms with E-state index in [9.17, 15) is 9.18 Å². The summed E-state index contributed by atoms with van der Waals surface area (Å²) in [4.78, 5) is 16.9. The Balaban J connectivity index is 1.25. The third-order valence-electron chi connectivity index (χ3n) is 6.97. The lowest BCUT2D eigenvalue weighted by Gasteiger charge is -2.30. The molecule has 0 unspecified atom stereocenters. The molecule has 2 saturated carbocycles. The number of carbonyl (C=O) groups is 1. The molecule has 1 heterocycles. The number of pyridine rings is 1. The van der Waals surface area contributed by atoms with Crippen molar-refractivity contribution in [3.63, 3.8) is 0 Å². The van der Waals surface area contributed by atoms with Gasteiger partial charge in [-0.2, -0.15) is 0 Å². The number of hydrogen-bond acceptors (Lipinski definition) is 2. The lowest BCUT2D eigenvalue weighted by Crippen LogP contribution is -2.31. The minimum absolute atomic E-state index is 0.0320. The third-order valence-corrected chi connectivity index (χ3v) is 6.97. The van der Waals surface area contributed by atoms with Crippen molar-refractivity contribution in [2.24, 2.45) is 5.41 Å². The molecule has 1 atom stereocenters. The van der Waals surface area contributed by atoms with Gasteiger partial charge in [0.15, 0.2) is 0 Å². The van der Waals surface area contributed by atoms with Crippen molar-refractivity contribution in [2.45, 2.75) is 51.0 Å². The summed E-state index contributed by atoms with van der Waals surface area (Å²) in [6, 6.07) is 14.9. The molecule has 1 N–H and O–H groups in total. The molecule has 1 spiro atoms. The van der Waals surface area contributed by atoms with E-state index in [1.54, 1.807) is 12.1 Å². The maximum absolute atomic E-state index is 13.8. The first kappa shape index (κ1) is 18.3. The molecule has 3 nitrogen and oxygen atoms in total. The predicted molar refractivity (Wildman–Crippen MR) is 112 cm³/mol. The Bertz CT molecular complexity index is 1070. The minimum Gasteiger partial charge on any atom is -0.349 e. The summed E-state index contributed by atoms with van der Waals surface area (Å²) < 4.78 is 13.8. The smallest absolute Gasteiger partial charge is 0.251 e. The molecule has 0 aliphatic heterocycles. The molecule has 29 heavy (non-hydrogen) atoms. The molecule has 5 rings (SSSR count). The number of carbonyl (C=O) groups excluding carboxylic acids is 1. The highest BCUT2D eigenvalue weighted by atomic mass is 19.1. The highest BCUT2D eigenvalue weighted by Gasteiger charge is 2.55. The van der Waals surface area contributed by atoms with Crippen LogP contribution in [-0.2, 0) is 0 Å². The van der Waals surface area contributed by atoms with Gasteiger partial charge in [-0.25, -0.2) is 4.39 Å². The fourth-order valence-corrected chi connectivity index (χ4v) is 5.05. The largest absolute Gasteiger partial charge is 0.349 e. The van der Waals surface area contributed by atoms with E-state index in [4.69, 9.17) is 0 Å². The molecule has 1 amide bonds. The monoisotopic (exact) mass is 388 g/mol. The maximum Gasteiger partial charge on any atom is 0.251 e. The van der Waals surface area contributed by atoms with Crippen LogP contribution in [0.25, 0.3) is 10.9 Å². The molecular formula is C25H25FN2O. The summed E-state index contributed by atoms with van der Waals surface area (Å²) >= 11 is 0. The highest BCUT2D eigenvalue weighted by molar-refractivity contribution is 5.94. The lowest BCUT2D eigenvalue weighted by molar-refractivity contribution is 0.0941. The molecule has 148 valence electrons. The molecule has 0 bridgehead atoms. The molecule has 3 aromatic rings. The van der Waals surface area contributed by atoms with E-state index in [2.05, 4.69) is 10.3 Å². The standard InChI is InChI=1S/C25H25FN2O/c1-16-2-4-18(5-3-16)24(29)28-23-15-25(23)11-8-17(9-12-25)20-10-13-27-22-7-6-19(26)14-21(20)22/h2-7,10,13-14,17,23H,8-9,11-12,15H2,1H3,(H,28,29)/t17?,23-,25?/m0/s1. The number of halogens is 1. The van der Waals surface area contributed by atoms with Gasteiger partial charge in [0.05, 0.1) is 5.52 Å². The number of hydrogen-bond donors (Lipinski definition) is 1. The Morgan fingerprint density at radius 1 is 1.10 bits per heavy atom. The van der Waals surface area contributed by atoms with Crippen molar-refractivity contribution >= 4 is 16.8 Å². The van der Waals surface area contributed by atoms with Gasteiger partial charge in [-0.3, -0.25) is 9.78 Å². The van der Waals surface area contributed by atoms with Crippen LogP contribution < -0.4 is 5.32 Å². The number of nitrogens with one attached hydrogen (secondary N) is 1. The van der Waals surface area contributed by atoms with Gasteiger partial charge in [0.1, 0.15) is 5.82 Å². The van der Waals surface area contributed by atoms with Crippen LogP contribution in [0, 0.1) is 18.2 Å². The Morgan fingerprint density at radius 2 is 1.86 bits per heavy atom. The van der Waals surface area contributed by atoms with Crippen LogP contribution in [0.4, 0.5) is 4.39 Å². The fraction of sp³-hybridized carbons (Fsp3) is 0.360. The van der Waals surface area contributed by atoms with Gasteiger partial charge >= 0.3 is 0 Å². The van der Waals surface area contributed by atoms with Crippen molar-refractivity contribution in [3.05, 3.63) is 77.2 Å². The molecule has 0 saturated heterocycles. The average Bonchev–Trinajstić information content (AvgIpc) is 3.39.